The fourth-order valence-electron chi connectivity index (χ4n) is 2.78. The van der Waals surface area contributed by atoms with Gasteiger partial charge in [-0.2, -0.15) is 5.26 Å². The lowest BCUT2D eigenvalue weighted by molar-refractivity contribution is 0.179. The Morgan fingerprint density at radius 3 is 2.64 bits per heavy atom. The van der Waals surface area contributed by atoms with Gasteiger partial charge < -0.3 is 4.74 Å². The lowest BCUT2D eigenvalue weighted by atomic mass is 10.1. The Morgan fingerprint density at radius 2 is 1.92 bits per heavy atom. The van der Waals surface area contributed by atoms with Crippen LogP contribution in [0.25, 0.3) is 11.3 Å². The maximum absolute atomic E-state index is 12.2. The molecule has 0 aliphatic carbocycles. The van der Waals surface area contributed by atoms with Crippen LogP contribution in [-0.4, -0.2) is 17.7 Å². The standard InChI is InChI=1S/C19H13N3O2S/c20-10-13-6-8-14(9-7-13)16-12-25-18(21-16)22-17(11-24-19(22)23)15-4-2-1-3-5-15/h1-9,12,17H,11H2/t17-/m1/s1. The van der Waals surface area contributed by atoms with Gasteiger partial charge in [-0.1, -0.05) is 42.5 Å². The summed E-state index contributed by atoms with van der Waals surface area (Å²) < 4.78 is 5.25. The normalized spacial score (nSPS) is 16.5. The van der Waals surface area contributed by atoms with Crippen LogP contribution in [-0.2, 0) is 4.74 Å². The van der Waals surface area contributed by atoms with Gasteiger partial charge in [-0.25, -0.2) is 14.7 Å². The second-order valence-electron chi connectivity index (χ2n) is 5.58. The zero-order valence-electron chi connectivity index (χ0n) is 13.1. The van der Waals surface area contributed by atoms with E-state index < -0.39 is 0 Å². The molecule has 1 atom stereocenters. The third-order valence-corrected chi connectivity index (χ3v) is 4.91. The molecule has 0 radical (unpaired) electrons. The Balaban J connectivity index is 1.66. The van der Waals surface area contributed by atoms with Crippen LogP contribution in [0.1, 0.15) is 17.2 Å². The number of nitrogens with zero attached hydrogens (tertiary/aromatic N) is 3. The average Bonchev–Trinajstić information content (AvgIpc) is 3.29. The van der Waals surface area contributed by atoms with Crippen LogP contribution in [0.2, 0.25) is 0 Å². The van der Waals surface area contributed by atoms with E-state index in [0.29, 0.717) is 17.3 Å². The minimum Gasteiger partial charge on any atom is -0.447 e. The van der Waals surface area contributed by atoms with E-state index in [4.69, 9.17) is 10.00 Å². The minimum absolute atomic E-state index is 0.173. The van der Waals surface area contributed by atoms with E-state index in [0.717, 1.165) is 16.8 Å². The second kappa shape index (κ2) is 6.38. The van der Waals surface area contributed by atoms with Crippen molar-refractivity contribution < 1.29 is 9.53 Å². The highest BCUT2D eigenvalue weighted by atomic mass is 32.1. The highest BCUT2D eigenvalue weighted by Gasteiger charge is 2.37. The smallest absolute Gasteiger partial charge is 0.416 e. The first kappa shape index (κ1) is 15.4. The van der Waals surface area contributed by atoms with Crippen molar-refractivity contribution in [1.29, 1.82) is 5.26 Å². The molecule has 2 heterocycles. The Bertz CT molecular complexity index is 945. The van der Waals surface area contributed by atoms with Crippen LogP contribution < -0.4 is 4.90 Å². The first-order valence-corrected chi connectivity index (χ1v) is 8.61. The average molecular weight is 347 g/mol. The number of rotatable bonds is 3. The van der Waals surface area contributed by atoms with E-state index in [2.05, 4.69) is 11.1 Å². The third-order valence-electron chi connectivity index (χ3n) is 4.07. The Labute approximate surface area is 148 Å². The van der Waals surface area contributed by atoms with Gasteiger partial charge >= 0.3 is 6.09 Å². The molecule has 5 nitrogen and oxygen atoms in total. The largest absolute Gasteiger partial charge is 0.447 e. The summed E-state index contributed by atoms with van der Waals surface area (Å²) in [5.41, 5.74) is 3.30. The summed E-state index contributed by atoms with van der Waals surface area (Å²) in [5.74, 6) is 0. The van der Waals surface area contributed by atoms with Crippen LogP contribution in [0.5, 0.6) is 0 Å². The van der Waals surface area contributed by atoms with Crippen LogP contribution in [0.3, 0.4) is 0 Å². The van der Waals surface area contributed by atoms with Gasteiger partial charge in [-0.3, -0.25) is 0 Å². The monoisotopic (exact) mass is 347 g/mol. The van der Waals surface area contributed by atoms with Gasteiger partial charge in [-0.05, 0) is 17.7 Å². The fourth-order valence-corrected chi connectivity index (χ4v) is 3.65. The van der Waals surface area contributed by atoms with Crippen LogP contribution in [0, 0.1) is 11.3 Å². The molecular weight excluding hydrogens is 334 g/mol. The molecule has 0 saturated carbocycles. The van der Waals surface area contributed by atoms with Crippen molar-refractivity contribution in [1.82, 2.24) is 4.98 Å². The highest BCUT2D eigenvalue weighted by molar-refractivity contribution is 7.14. The van der Waals surface area contributed by atoms with Crippen LogP contribution in [0.15, 0.2) is 60.0 Å². The number of carbonyl (C=O) groups excluding carboxylic acids is 1. The summed E-state index contributed by atoms with van der Waals surface area (Å²) in [7, 11) is 0. The van der Waals surface area contributed by atoms with Crippen molar-refractivity contribution in [3.63, 3.8) is 0 Å². The van der Waals surface area contributed by atoms with Crippen molar-refractivity contribution in [2.75, 3.05) is 11.5 Å². The summed E-state index contributed by atoms with van der Waals surface area (Å²) in [6.45, 7) is 0.314. The van der Waals surface area contributed by atoms with Crippen molar-refractivity contribution in [2.45, 2.75) is 6.04 Å². The quantitative estimate of drug-likeness (QED) is 0.705. The first-order chi connectivity index (χ1) is 12.3. The summed E-state index contributed by atoms with van der Waals surface area (Å²) in [4.78, 5) is 18.4. The third kappa shape index (κ3) is 2.86. The maximum Gasteiger partial charge on any atom is 0.416 e. The molecule has 0 N–H and O–H groups in total. The Kier molecular flexibility index (Phi) is 3.92. The van der Waals surface area contributed by atoms with E-state index >= 15 is 0 Å². The van der Waals surface area contributed by atoms with E-state index in [1.807, 2.05) is 47.8 Å². The van der Waals surface area contributed by atoms with Gasteiger partial charge in [0.15, 0.2) is 5.13 Å². The molecule has 1 fully saturated rings. The van der Waals surface area contributed by atoms with Gasteiger partial charge in [0.1, 0.15) is 12.6 Å². The SMILES string of the molecule is N#Cc1ccc(-c2csc(N3C(=O)OC[C@@H]3c3ccccc3)n2)cc1. The molecule has 2 aromatic carbocycles. The number of aromatic nitrogens is 1. The molecule has 1 saturated heterocycles. The van der Waals surface area contributed by atoms with Gasteiger partial charge in [0.05, 0.1) is 17.3 Å². The molecule has 1 amide bonds. The first-order valence-electron chi connectivity index (χ1n) is 7.73. The van der Waals surface area contributed by atoms with E-state index in [1.54, 1.807) is 17.0 Å². The van der Waals surface area contributed by atoms with Gasteiger partial charge in [-0.15, -0.1) is 11.3 Å². The van der Waals surface area contributed by atoms with Gasteiger partial charge in [0.25, 0.3) is 0 Å². The number of amides is 1. The second-order valence-corrected chi connectivity index (χ2v) is 6.41. The van der Waals surface area contributed by atoms with E-state index in [9.17, 15) is 4.79 Å². The Morgan fingerprint density at radius 1 is 1.16 bits per heavy atom. The van der Waals surface area contributed by atoms with Crippen molar-refractivity contribution >= 4 is 22.6 Å². The molecule has 122 valence electrons. The molecule has 1 aromatic heterocycles. The number of anilines is 1. The predicted octanol–water partition coefficient (Wildman–Crippen LogP) is 4.38. The maximum atomic E-state index is 12.2. The van der Waals surface area contributed by atoms with Crippen molar-refractivity contribution in [3.05, 3.63) is 71.1 Å². The van der Waals surface area contributed by atoms with Crippen LogP contribution in [0.4, 0.5) is 9.93 Å². The lowest BCUT2D eigenvalue weighted by Gasteiger charge is -2.18. The topological polar surface area (TPSA) is 66.2 Å². The number of carbonyl (C=O) groups is 1. The molecule has 1 aliphatic rings. The number of benzene rings is 2. The predicted molar refractivity (Wildman–Crippen MR) is 95.3 cm³/mol. The molecule has 25 heavy (non-hydrogen) atoms. The molecule has 0 bridgehead atoms. The molecule has 0 spiro atoms. The summed E-state index contributed by atoms with van der Waals surface area (Å²) in [6, 6.07) is 18.9. The van der Waals surface area contributed by atoms with Crippen molar-refractivity contribution in [2.24, 2.45) is 0 Å². The van der Waals surface area contributed by atoms with Crippen LogP contribution >= 0.6 is 11.3 Å². The van der Waals surface area contributed by atoms with Gasteiger partial charge in [0.2, 0.25) is 0 Å². The molecule has 3 aromatic rings. The lowest BCUT2D eigenvalue weighted by Crippen LogP contribution is -2.27. The van der Waals surface area contributed by atoms with E-state index in [1.165, 1.54) is 11.3 Å². The molecule has 1 aliphatic heterocycles. The molecule has 6 heteroatoms. The highest BCUT2D eigenvalue weighted by Crippen LogP contribution is 2.36. The minimum atomic E-state index is -0.380. The number of nitriles is 1. The van der Waals surface area contributed by atoms with E-state index in [-0.39, 0.29) is 12.1 Å². The van der Waals surface area contributed by atoms with Crippen molar-refractivity contribution in [3.8, 4) is 17.3 Å². The zero-order valence-corrected chi connectivity index (χ0v) is 13.9. The number of ether oxygens (including phenoxy) is 1. The molecular formula is C19H13N3O2S. The zero-order chi connectivity index (χ0) is 17.2. The summed E-state index contributed by atoms with van der Waals surface area (Å²) in [6.07, 6.45) is -0.380. The fraction of sp³-hybridized carbons (Fsp3) is 0.105. The summed E-state index contributed by atoms with van der Waals surface area (Å²) in [5, 5.41) is 11.4. The molecule has 4 rings (SSSR count). The molecule has 0 unspecified atom stereocenters. The number of hydrogen-bond acceptors (Lipinski definition) is 5. The number of cyclic esters (lactones) is 1. The summed E-state index contributed by atoms with van der Waals surface area (Å²) >= 11 is 1.40. The van der Waals surface area contributed by atoms with Gasteiger partial charge in [0, 0.05) is 10.9 Å². The number of thiazole rings is 1. The number of hydrogen-bond donors (Lipinski definition) is 0. The Hall–Kier alpha value is -3.17.